The lowest BCUT2D eigenvalue weighted by Crippen LogP contribution is -2.42. The van der Waals surface area contributed by atoms with E-state index in [1.54, 1.807) is 0 Å². The zero-order chi connectivity index (χ0) is 14.5. The number of hydrogen-bond acceptors (Lipinski definition) is 2. The van der Waals surface area contributed by atoms with Gasteiger partial charge in [-0.25, -0.2) is 0 Å². The van der Waals surface area contributed by atoms with Gasteiger partial charge in [0.1, 0.15) is 0 Å². The molecule has 0 radical (unpaired) electrons. The van der Waals surface area contributed by atoms with Crippen LogP contribution in [0.2, 0.25) is 0 Å². The summed E-state index contributed by atoms with van der Waals surface area (Å²) >= 11 is 0. The first-order chi connectivity index (χ1) is 9.61. The minimum Gasteiger partial charge on any atom is -0.338 e. The van der Waals surface area contributed by atoms with Crippen molar-refractivity contribution >= 4 is 18.3 Å². The number of hydrogen-bond donors (Lipinski definition) is 1. The van der Waals surface area contributed by atoms with Gasteiger partial charge in [-0.1, -0.05) is 26.0 Å². The van der Waals surface area contributed by atoms with E-state index in [2.05, 4.69) is 31.3 Å². The second-order valence-electron chi connectivity index (χ2n) is 6.09. The van der Waals surface area contributed by atoms with Crippen molar-refractivity contribution in [2.45, 2.75) is 32.6 Å². The van der Waals surface area contributed by atoms with Crippen LogP contribution in [0.15, 0.2) is 24.3 Å². The molecule has 1 amide bonds. The maximum atomic E-state index is 12.5. The minimum absolute atomic E-state index is 0. The Balaban J connectivity index is 0.00000220. The summed E-state index contributed by atoms with van der Waals surface area (Å²) in [5.74, 6) is 1.28. The third-order valence-electron chi connectivity index (χ3n) is 4.12. The second kappa shape index (κ2) is 8.40. The van der Waals surface area contributed by atoms with Crippen molar-refractivity contribution in [3.8, 4) is 0 Å². The molecule has 1 saturated heterocycles. The largest absolute Gasteiger partial charge is 0.338 e. The SMILES string of the molecule is CNCC1CCCN(C(=O)c2ccc(C(C)C)cc2)C1.Cl. The normalized spacial score (nSPS) is 18.5. The molecule has 1 aliphatic heterocycles. The first-order valence-corrected chi connectivity index (χ1v) is 7.65. The fraction of sp³-hybridized carbons (Fsp3) is 0.588. The Morgan fingerprint density at radius 2 is 2.00 bits per heavy atom. The van der Waals surface area contributed by atoms with E-state index in [-0.39, 0.29) is 18.3 Å². The molecule has 1 unspecified atom stereocenters. The molecular formula is C17H27ClN2O. The quantitative estimate of drug-likeness (QED) is 0.925. The number of piperidine rings is 1. The summed E-state index contributed by atoms with van der Waals surface area (Å²) in [4.78, 5) is 14.5. The fourth-order valence-corrected chi connectivity index (χ4v) is 2.90. The van der Waals surface area contributed by atoms with E-state index in [1.807, 2.05) is 24.1 Å². The van der Waals surface area contributed by atoms with Crippen LogP contribution in [-0.2, 0) is 0 Å². The molecule has 3 nitrogen and oxygen atoms in total. The molecule has 2 rings (SSSR count). The Kier molecular flexibility index (Phi) is 7.20. The van der Waals surface area contributed by atoms with E-state index in [9.17, 15) is 4.79 Å². The number of nitrogens with zero attached hydrogens (tertiary/aromatic N) is 1. The van der Waals surface area contributed by atoms with Crippen LogP contribution in [0.5, 0.6) is 0 Å². The predicted molar refractivity (Wildman–Crippen MR) is 90.3 cm³/mol. The molecule has 1 heterocycles. The number of halogens is 1. The molecule has 0 spiro atoms. The summed E-state index contributed by atoms with van der Waals surface area (Å²) in [5.41, 5.74) is 2.10. The van der Waals surface area contributed by atoms with E-state index in [4.69, 9.17) is 0 Å². The molecule has 118 valence electrons. The predicted octanol–water partition coefficient (Wildman–Crippen LogP) is 3.30. The summed E-state index contributed by atoms with van der Waals surface area (Å²) in [7, 11) is 1.98. The Labute approximate surface area is 134 Å². The van der Waals surface area contributed by atoms with Gasteiger partial charge in [0, 0.05) is 18.7 Å². The van der Waals surface area contributed by atoms with E-state index in [0.717, 1.165) is 31.6 Å². The maximum Gasteiger partial charge on any atom is 0.253 e. The van der Waals surface area contributed by atoms with Gasteiger partial charge in [0.15, 0.2) is 0 Å². The number of benzene rings is 1. The Morgan fingerprint density at radius 1 is 1.33 bits per heavy atom. The molecule has 0 saturated carbocycles. The average Bonchev–Trinajstić information content (AvgIpc) is 2.47. The van der Waals surface area contributed by atoms with Crippen LogP contribution in [0.25, 0.3) is 0 Å². The van der Waals surface area contributed by atoms with Crippen molar-refractivity contribution in [1.82, 2.24) is 10.2 Å². The van der Waals surface area contributed by atoms with Gasteiger partial charge in [0.25, 0.3) is 5.91 Å². The molecule has 21 heavy (non-hydrogen) atoms. The Bertz CT molecular complexity index is 443. The summed E-state index contributed by atoms with van der Waals surface area (Å²) in [6.07, 6.45) is 2.33. The number of carbonyl (C=O) groups excluding carboxylic acids is 1. The highest BCUT2D eigenvalue weighted by Gasteiger charge is 2.23. The van der Waals surface area contributed by atoms with Gasteiger partial charge in [0.2, 0.25) is 0 Å². The van der Waals surface area contributed by atoms with Gasteiger partial charge >= 0.3 is 0 Å². The molecule has 1 aromatic rings. The molecule has 4 heteroatoms. The van der Waals surface area contributed by atoms with Gasteiger partial charge in [-0.3, -0.25) is 4.79 Å². The van der Waals surface area contributed by atoms with Crippen LogP contribution >= 0.6 is 12.4 Å². The van der Waals surface area contributed by atoms with E-state index < -0.39 is 0 Å². The number of nitrogens with one attached hydrogen (secondary N) is 1. The molecular weight excluding hydrogens is 284 g/mol. The van der Waals surface area contributed by atoms with Crippen LogP contribution in [0.1, 0.15) is 48.5 Å². The van der Waals surface area contributed by atoms with E-state index in [1.165, 1.54) is 12.0 Å². The summed E-state index contributed by atoms with van der Waals surface area (Å²) in [6.45, 7) is 7.11. The zero-order valence-corrected chi connectivity index (χ0v) is 14.1. The van der Waals surface area contributed by atoms with Crippen LogP contribution in [0.3, 0.4) is 0 Å². The molecule has 0 aromatic heterocycles. The number of likely N-dealkylation sites (tertiary alicyclic amines) is 1. The topological polar surface area (TPSA) is 32.3 Å². The summed E-state index contributed by atoms with van der Waals surface area (Å²) in [6, 6.07) is 8.10. The van der Waals surface area contributed by atoms with Crippen LogP contribution < -0.4 is 5.32 Å². The lowest BCUT2D eigenvalue weighted by molar-refractivity contribution is 0.0674. The monoisotopic (exact) mass is 310 g/mol. The molecule has 0 bridgehead atoms. The summed E-state index contributed by atoms with van der Waals surface area (Å²) < 4.78 is 0. The first kappa shape index (κ1) is 18.0. The third-order valence-corrected chi connectivity index (χ3v) is 4.12. The Morgan fingerprint density at radius 3 is 2.57 bits per heavy atom. The van der Waals surface area contributed by atoms with Crippen LogP contribution in [0, 0.1) is 5.92 Å². The molecule has 1 atom stereocenters. The van der Waals surface area contributed by atoms with Crippen molar-refractivity contribution in [2.24, 2.45) is 5.92 Å². The lowest BCUT2D eigenvalue weighted by atomic mass is 9.96. The molecule has 1 aromatic carbocycles. The lowest BCUT2D eigenvalue weighted by Gasteiger charge is -2.32. The fourth-order valence-electron chi connectivity index (χ4n) is 2.90. The van der Waals surface area contributed by atoms with Gasteiger partial charge in [-0.05, 0) is 56.0 Å². The van der Waals surface area contributed by atoms with Crippen molar-refractivity contribution in [3.05, 3.63) is 35.4 Å². The molecule has 1 fully saturated rings. The van der Waals surface area contributed by atoms with Gasteiger partial charge in [-0.15, -0.1) is 12.4 Å². The van der Waals surface area contributed by atoms with Crippen molar-refractivity contribution in [3.63, 3.8) is 0 Å². The van der Waals surface area contributed by atoms with Crippen molar-refractivity contribution in [1.29, 1.82) is 0 Å². The minimum atomic E-state index is 0. The smallest absolute Gasteiger partial charge is 0.253 e. The van der Waals surface area contributed by atoms with E-state index >= 15 is 0 Å². The summed E-state index contributed by atoms with van der Waals surface area (Å²) in [5, 5.41) is 3.22. The molecule has 1 N–H and O–H groups in total. The van der Waals surface area contributed by atoms with Crippen LogP contribution in [-0.4, -0.2) is 37.5 Å². The first-order valence-electron chi connectivity index (χ1n) is 7.65. The highest BCUT2D eigenvalue weighted by Crippen LogP contribution is 2.20. The van der Waals surface area contributed by atoms with Gasteiger partial charge < -0.3 is 10.2 Å². The van der Waals surface area contributed by atoms with Crippen molar-refractivity contribution < 1.29 is 4.79 Å². The zero-order valence-electron chi connectivity index (χ0n) is 13.3. The van der Waals surface area contributed by atoms with Gasteiger partial charge in [-0.2, -0.15) is 0 Å². The standard InChI is InChI=1S/C17H26N2O.ClH/c1-13(2)15-6-8-16(9-7-15)17(20)19-10-4-5-14(12-19)11-18-3;/h6-9,13-14,18H,4-5,10-12H2,1-3H3;1H. The number of carbonyl (C=O) groups is 1. The van der Waals surface area contributed by atoms with Gasteiger partial charge in [0.05, 0.1) is 0 Å². The molecule has 0 aliphatic carbocycles. The molecule has 1 aliphatic rings. The average molecular weight is 311 g/mol. The van der Waals surface area contributed by atoms with Crippen molar-refractivity contribution in [2.75, 3.05) is 26.7 Å². The number of amides is 1. The third kappa shape index (κ3) is 4.72. The number of rotatable bonds is 4. The maximum absolute atomic E-state index is 12.5. The highest BCUT2D eigenvalue weighted by molar-refractivity contribution is 5.94. The highest BCUT2D eigenvalue weighted by atomic mass is 35.5. The Hall–Kier alpha value is -1.06. The van der Waals surface area contributed by atoms with Crippen LogP contribution in [0.4, 0.5) is 0 Å². The second-order valence-corrected chi connectivity index (χ2v) is 6.09. The van der Waals surface area contributed by atoms with E-state index in [0.29, 0.717) is 11.8 Å².